The van der Waals surface area contributed by atoms with Crippen molar-refractivity contribution in [2.45, 2.75) is 26.3 Å². The number of pyridine rings is 1. The first kappa shape index (κ1) is 16.9. The number of anilines is 1. The molecule has 3 heteroatoms. The van der Waals surface area contributed by atoms with Crippen LogP contribution in [0.2, 0.25) is 0 Å². The van der Waals surface area contributed by atoms with Gasteiger partial charge in [-0.1, -0.05) is 37.3 Å². The van der Waals surface area contributed by atoms with Crippen molar-refractivity contribution in [3.63, 3.8) is 0 Å². The van der Waals surface area contributed by atoms with Crippen molar-refractivity contribution in [2.75, 3.05) is 5.32 Å². The molecule has 0 atom stereocenters. The largest absolute Gasteiger partial charge is 0.381 e. The predicted octanol–water partition coefficient (Wildman–Crippen LogP) is 5.34. The summed E-state index contributed by atoms with van der Waals surface area (Å²) < 4.78 is 0. The molecule has 0 aliphatic rings. The second-order valence-electron chi connectivity index (χ2n) is 6.00. The highest BCUT2D eigenvalue weighted by molar-refractivity contribution is 5.96. The van der Waals surface area contributed by atoms with Gasteiger partial charge in [0.1, 0.15) is 0 Å². The highest BCUT2D eigenvalue weighted by atomic mass is 16.1. The van der Waals surface area contributed by atoms with Gasteiger partial charge in [-0.15, -0.1) is 0 Å². The third kappa shape index (κ3) is 4.32. The molecule has 2 aromatic carbocycles. The van der Waals surface area contributed by atoms with Gasteiger partial charge in [0.25, 0.3) is 0 Å². The molecular weight excluding hydrogens is 308 g/mol. The lowest BCUT2D eigenvalue weighted by atomic mass is 10.0. The number of benzene rings is 2. The van der Waals surface area contributed by atoms with E-state index in [1.165, 1.54) is 11.1 Å². The molecule has 0 amide bonds. The molecule has 0 unspecified atom stereocenters. The maximum Gasteiger partial charge on any atom is 0.162 e. The van der Waals surface area contributed by atoms with Crippen LogP contribution in [0.25, 0.3) is 11.1 Å². The van der Waals surface area contributed by atoms with Crippen LogP contribution in [0.3, 0.4) is 0 Å². The van der Waals surface area contributed by atoms with Gasteiger partial charge in [-0.3, -0.25) is 9.78 Å². The first-order chi connectivity index (χ1) is 12.3. The lowest BCUT2D eigenvalue weighted by Gasteiger charge is -2.11. The molecule has 0 aliphatic heterocycles. The van der Waals surface area contributed by atoms with Crippen molar-refractivity contribution in [1.82, 2.24) is 4.98 Å². The lowest BCUT2D eigenvalue weighted by Crippen LogP contribution is -2.03. The molecular formula is C22H22N2O. The van der Waals surface area contributed by atoms with E-state index in [0.29, 0.717) is 13.0 Å². The third-order valence-electron chi connectivity index (χ3n) is 4.16. The molecule has 1 heterocycles. The molecule has 3 nitrogen and oxygen atoms in total. The van der Waals surface area contributed by atoms with Crippen LogP contribution in [0.15, 0.2) is 73.1 Å². The van der Waals surface area contributed by atoms with Gasteiger partial charge < -0.3 is 5.32 Å². The molecule has 1 aromatic heterocycles. The number of nitrogens with zero attached hydrogens (tertiary/aromatic N) is 1. The van der Waals surface area contributed by atoms with Crippen LogP contribution < -0.4 is 5.32 Å². The fourth-order valence-corrected chi connectivity index (χ4v) is 2.81. The smallest absolute Gasteiger partial charge is 0.162 e. The van der Waals surface area contributed by atoms with E-state index in [1.807, 2.05) is 67.8 Å². The summed E-state index contributed by atoms with van der Waals surface area (Å²) in [4.78, 5) is 16.2. The Kier molecular flexibility index (Phi) is 5.57. The second-order valence-corrected chi connectivity index (χ2v) is 6.00. The Morgan fingerprint density at radius 1 is 1.00 bits per heavy atom. The van der Waals surface area contributed by atoms with Crippen molar-refractivity contribution in [3.8, 4) is 11.1 Å². The van der Waals surface area contributed by atoms with Crippen molar-refractivity contribution >= 4 is 11.5 Å². The normalized spacial score (nSPS) is 10.4. The SMILES string of the molecule is CCCC(=O)c1ccc(NCc2cnccc2-c2ccccc2)cc1. The van der Waals surface area contributed by atoms with Crippen LogP contribution in [0, 0.1) is 0 Å². The van der Waals surface area contributed by atoms with Crippen molar-refractivity contribution in [1.29, 1.82) is 0 Å². The van der Waals surface area contributed by atoms with Crippen LogP contribution in [0.4, 0.5) is 5.69 Å². The summed E-state index contributed by atoms with van der Waals surface area (Å²) in [6.45, 7) is 2.70. The first-order valence-corrected chi connectivity index (χ1v) is 8.63. The van der Waals surface area contributed by atoms with E-state index in [1.54, 1.807) is 0 Å². The zero-order chi connectivity index (χ0) is 17.5. The molecule has 25 heavy (non-hydrogen) atoms. The summed E-state index contributed by atoms with van der Waals surface area (Å²) in [5, 5.41) is 3.42. The summed E-state index contributed by atoms with van der Waals surface area (Å²) >= 11 is 0. The van der Waals surface area contributed by atoms with E-state index >= 15 is 0 Å². The van der Waals surface area contributed by atoms with Gasteiger partial charge in [0.15, 0.2) is 5.78 Å². The summed E-state index contributed by atoms with van der Waals surface area (Å²) in [5.41, 5.74) is 5.27. The fourth-order valence-electron chi connectivity index (χ4n) is 2.81. The number of ketones is 1. The number of nitrogens with one attached hydrogen (secondary N) is 1. The number of rotatable bonds is 7. The maximum absolute atomic E-state index is 11.9. The van der Waals surface area contributed by atoms with Gasteiger partial charge in [0.05, 0.1) is 0 Å². The van der Waals surface area contributed by atoms with E-state index < -0.39 is 0 Å². The number of hydrogen-bond acceptors (Lipinski definition) is 3. The molecule has 0 radical (unpaired) electrons. The zero-order valence-corrected chi connectivity index (χ0v) is 14.4. The quantitative estimate of drug-likeness (QED) is 0.594. The number of hydrogen-bond donors (Lipinski definition) is 1. The Balaban J connectivity index is 1.71. The van der Waals surface area contributed by atoms with Gasteiger partial charge in [0.2, 0.25) is 0 Å². The molecule has 0 spiro atoms. The molecule has 0 aliphatic carbocycles. The van der Waals surface area contributed by atoms with Crippen LogP contribution in [0.5, 0.6) is 0 Å². The molecule has 3 rings (SSSR count). The molecule has 0 fully saturated rings. The first-order valence-electron chi connectivity index (χ1n) is 8.63. The second kappa shape index (κ2) is 8.25. The summed E-state index contributed by atoms with van der Waals surface area (Å²) in [5.74, 6) is 0.202. The molecule has 0 saturated heterocycles. The van der Waals surface area contributed by atoms with Gasteiger partial charge in [-0.05, 0) is 53.4 Å². The number of carbonyl (C=O) groups excluding carboxylic acids is 1. The molecule has 126 valence electrons. The topological polar surface area (TPSA) is 42.0 Å². The Morgan fingerprint density at radius 2 is 1.76 bits per heavy atom. The number of carbonyl (C=O) groups is 1. The Hall–Kier alpha value is -2.94. The van der Waals surface area contributed by atoms with E-state index in [9.17, 15) is 4.79 Å². The van der Waals surface area contributed by atoms with Crippen LogP contribution in [0.1, 0.15) is 35.7 Å². The van der Waals surface area contributed by atoms with E-state index in [-0.39, 0.29) is 5.78 Å². The number of aromatic nitrogens is 1. The van der Waals surface area contributed by atoms with E-state index in [0.717, 1.165) is 23.2 Å². The molecule has 0 saturated carbocycles. The minimum atomic E-state index is 0.202. The summed E-state index contributed by atoms with van der Waals surface area (Å²) in [6.07, 6.45) is 5.19. The lowest BCUT2D eigenvalue weighted by molar-refractivity contribution is 0.0982. The van der Waals surface area contributed by atoms with Crippen LogP contribution in [-0.2, 0) is 6.54 Å². The zero-order valence-electron chi connectivity index (χ0n) is 14.4. The average molecular weight is 330 g/mol. The minimum Gasteiger partial charge on any atom is -0.381 e. The Bertz CT molecular complexity index is 826. The molecule has 1 N–H and O–H groups in total. The van der Waals surface area contributed by atoms with Crippen molar-refractivity contribution in [2.24, 2.45) is 0 Å². The standard InChI is InChI=1S/C22H22N2O/c1-2-6-22(25)18-9-11-20(12-10-18)24-16-19-15-23-14-13-21(19)17-7-4-3-5-8-17/h3-5,7-15,24H,2,6,16H2,1H3. The maximum atomic E-state index is 11.9. The predicted molar refractivity (Wildman–Crippen MR) is 103 cm³/mol. The average Bonchev–Trinajstić information content (AvgIpc) is 2.68. The Labute approximate surface area is 148 Å². The van der Waals surface area contributed by atoms with Gasteiger partial charge in [0, 0.05) is 36.6 Å². The highest BCUT2D eigenvalue weighted by Crippen LogP contribution is 2.23. The van der Waals surface area contributed by atoms with Gasteiger partial charge >= 0.3 is 0 Å². The van der Waals surface area contributed by atoms with Gasteiger partial charge in [-0.25, -0.2) is 0 Å². The molecule has 3 aromatic rings. The summed E-state index contributed by atoms with van der Waals surface area (Å²) in [6, 6.07) is 20.0. The molecule has 0 bridgehead atoms. The summed E-state index contributed by atoms with van der Waals surface area (Å²) in [7, 11) is 0. The van der Waals surface area contributed by atoms with Crippen molar-refractivity contribution < 1.29 is 4.79 Å². The monoisotopic (exact) mass is 330 g/mol. The third-order valence-corrected chi connectivity index (χ3v) is 4.16. The minimum absolute atomic E-state index is 0.202. The highest BCUT2D eigenvalue weighted by Gasteiger charge is 2.06. The van der Waals surface area contributed by atoms with E-state index in [4.69, 9.17) is 0 Å². The van der Waals surface area contributed by atoms with Crippen LogP contribution >= 0.6 is 0 Å². The number of Topliss-reactive ketones (excluding diaryl/α,β-unsaturated/α-hetero) is 1. The fraction of sp³-hybridized carbons (Fsp3) is 0.182. The van der Waals surface area contributed by atoms with Gasteiger partial charge in [-0.2, -0.15) is 0 Å². The Morgan fingerprint density at radius 3 is 2.48 bits per heavy atom. The van der Waals surface area contributed by atoms with Crippen LogP contribution in [-0.4, -0.2) is 10.8 Å². The van der Waals surface area contributed by atoms with Crippen molar-refractivity contribution in [3.05, 3.63) is 84.2 Å². The van der Waals surface area contributed by atoms with E-state index in [2.05, 4.69) is 22.4 Å².